The van der Waals surface area contributed by atoms with Crippen molar-refractivity contribution < 1.29 is 9.72 Å². The molecular weight excluding hydrogens is 303 g/mol. The average molecular weight is 311 g/mol. The standard InChI is InChI=1S/C13H8Cl2N2O3/c14-9-5-1-2-6-10(9)16-13(18)8-4-3-7-11(12(8)15)17(19)20/h1-7H,(H,16,18). The van der Waals surface area contributed by atoms with E-state index >= 15 is 0 Å². The predicted molar refractivity (Wildman–Crippen MR) is 77.5 cm³/mol. The number of carbonyl (C=O) groups is 1. The number of nitro groups is 1. The highest BCUT2D eigenvalue weighted by molar-refractivity contribution is 6.37. The van der Waals surface area contributed by atoms with E-state index in [0.717, 1.165) is 0 Å². The number of amides is 1. The highest BCUT2D eigenvalue weighted by atomic mass is 35.5. The van der Waals surface area contributed by atoms with Gasteiger partial charge in [-0.2, -0.15) is 0 Å². The number of carbonyl (C=O) groups excluding carboxylic acids is 1. The van der Waals surface area contributed by atoms with E-state index in [4.69, 9.17) is 23.2 Å². The molecule has 0 saturated heterocycles. The van der Waals surface area contributed by atoms with Gasteiger partial charge in [0, 0.05) is 6.07 Å². The first-order valence-corrected chi connectivity index (χ1v) is 6.25. The Kier molecular flexibility index (Phi) is 4.22. The van der Waals surface area contributed by atoms with E-state index in [1.54, 1.807) is 24.3 Å². The van der Waals surface area contributed by atoms with Crippen LogP contribution in [0, 0.1) is 10.1 Å². The Balaban J connectivity index is 2.33. The third-order valence-electron chi connectivity index (χ3n) is 2.54. The molecule has 20 heavy (non-hydrogen) atoms. The first-order valence-electron chi connectivity index (χ1n) is 5.49. The van der Waals surface area contributed by atoms with Gasteiger partial charge in [-0.15, -0.1) is 0 Å². The maximum atomic E-state index is 12.1. The number of hydrogen-bond acceptors (Lipinski definition) is 3. The van der Waals surface area contributed by atoms with Crippen LogP contribution in [0.15, 0.2) is 42.5 Å². The fourth-order valence-electron chi connectivity index (χ4n) is 1.59. The number of para-hydroxylation sites is 1. The van der Waals surface area contributed by atoms with E-state index in [0.29, 0.717) is 10.7 Å². The molecule has 0 aliphatic heterocycles. The number of nitrogens with one attached hydrogen (secondary N) is 1. The summed E-state index contributed by atoms with van der Waals surface area (Å²) in [5, 5.41) is 13.5. The summed E-state index contributed by atoms with van der Waals surface area (Å²) in [6.07, 6.45) is 0. The predicted octanol–water partition coefficient (Wildman–Crippen LogP) is 4.15. The van der Waals surface area contributed by atoms with Crippen LogP contribution in [-0.2, 0) is 0 Å². The van der Waals surface area contributed by atoms with Gasteiger partial charge in [-0.25, -0.2) is 0 Å². The number of nitrogens with zero attached hydrogens (tertiary/aromatic N) is 1. The van der Waals surface area contributed by atoms with Gasteiger partial charge in [0.15, 0.2) is 0 Å². The zero-order valence-corrected chi connectivity index (χ0v) is 11.5. The van der Waals surface area contributed by atoms with Gasteiger partial charge in [-0.05, 0) is 18.2 Å². The topological polar surface area (TPSA) is 72.2 Å². The van der Waals surface area contributed by atoms with Crippen LogP contribution in [0.25, 0.3) is 0 Å². The summed E-state index contributed by atoms with van der Waals surface area (Å²) in [5.41, 5.74) is 0.0981. The molecule has 0 radical (unpaired) electrons. The van der Waals surface area contributed by atoms with Crippen LogP contribution >= 0.6 is 23.2 Å². The quantitative estimate of drug-likeness (QED) is 0.683. The Morgan fingerprint density at radius 2 is 1.80 bits per heavy atom. The summed E-state index contributed by atoms with van der Waals surface area (Å²) >= 11 is 11.8. The lowest BCUT2D eigenvalue weighted by Gasteiger charge is -2.08. The molecule has 0 fully saturated rings. The minimum Gasteiger partial charge on any atom is -0.321 e. The largest absolute Gasteiger partial charge is 0.321 e. The molecule has 2 aromatic carbocycles. The molecule has 0 aliphatic rings. The number of hydrogen-bond donors (Lipinski definition) is 1. The minimum absolute atomic E-state index is 0.0146. The molecule has 0 atom stereocenters. The number of benzene rings is 2. The number of nitro benzene ring substituents is 1. The van der Waals surface area contributed by atoms with Gasteiger partial charge in [-0.3, -0.25) is 14.9 Å². The summed E-state index contributed by atoms with van der Waals surface area (Å²) in [5.74, 6) is -0.563. The van der Waals surface area contributed by atoms with Gasteiger partial charge in [0.25, 0.3) is 11.6 Å². The van der Waals surface area contributed by atoms with Crippen molar-refractivity contribution in [3.63, 3.8) is 0 Å². The zero-order valence-electron chi connectivity index (χ0n) is 9.97. The van der Waals surface area contributed by atoms with E-state index in [1.807, 2.05) is 0 Å². The Hall–Kier alpha value is -2.11. The Morgan fingerprint density at radius 3 is 2.45 bits per heavy atom. The van der Waals surface area contributed by atoms with E-state index < -0.39 is 10.8 Å². The van der Waals surface area contributed by atoms with Crippen LogP contribution in [0.2, 0.25) is 10.0 Å². The van der Waals surface area contributed by atoms with Crippen LogP contribution in [0.5, 0.6) is 0 Å². The average Bonchev–Trinajstić information content (AvgIpc) is 2.41. The van der Waals surface area contributed by atoms with Crippen molar-refractivity contribution in [2.75, 3.05) is 5.32 Å². The van der Waals surface area contributed by atoms with Crippen molar-refractivity contribution in [3.05, 3.63) is 68.2 Å². The number of halogens is 2. The summed E-state index contributed by atoms with van der Waals surface area (Å²) in [6, 6.07) is 10.7. The van der Waals surface area contributed by atoms with Crippen molar-refractivity contribution in [1.82, 2.24) is 0 Å². The molecule has 0 spiro atoms. The molecule has 0 aromatic heterocycles. The van der Waals surface area contributed by atoms with Crippen molar-refractivity contribution in [1.29, 1.82) is 0 Å². The van der Waals surface area contributed by atoms with Gasteiger partial charge < -0.3 is 5.32 Å². The van der Waals surface area contributed by atoms with Gasteiger partial charge in [0.2, 0.25) is 0 Å². The molecule has 0 heterocycles. The van der Waals surface area contributed by atoms with Crippen molar-refractivity contribution >= 4 is 40.5 Å². The Bertz CT molecular complexity index is 689. The lowest BCUT2D eigenvalue weighted by Crippen LogP contribution is -2.13. The molecule has 0 unspecified atom stereocenters. The van der Waals surface area contributed by atoms with Crippen LogP contribution in [0.4, 0.5) is 11.4 Å². The summed E-state index contributed by atoms with van der Waals surface area (Å²) in [6.45, 7) is 0. The molecule has 5 nitrogen and oxygen atoms in total. The molecule has 2 rings (SSSR count). The molecule has 102 valence electrons. The molecule has 0 bridgehead atoms. The summed E-state index contributed by atoms with van der Waals surface area (Å²) < 4.78 is 0. The summed E-state index contributed by atoms with van der Waals surface area (Å²) in [4.78, 5) is 22.2. The minimum atomic E-state index is -0.644. The lowest BCUT2D eigenvalue weighted by atomic mass is 10.2. The third kappa shape index (κ3) is 2.89. The smallest absolute Gasteiger partial charge is 0.288 e. The molecule has 1 amide bonds. The van der Waals surface area contributed by atoms with Gasteiger partial charge >= 0.3 is 0 Å². The maximum Gasteiger partial charge on any atom is 0.288 e. The fraction of sp³-hybridized carbons (Fsp3) is 0. The zero-order chi connectivity index (χ0) is 14.7. The second-order valence-electron chi connectivity index (χ2n) is 3.83. The molecule has 7 heteroatoms. The Labute approximate surface area is 124 Å². The number of rotatable bonds is 3. The molecule has 2 aromatic rings. The first-order chi connectivity index (χ1) is 9.50. The number of anilines is 1. The Morgan fingerprint density at radius 1 is 1.10 bits per heavy atom. The molecule has 0 saturated carbocycles. The highest BCUT2D eigenvalue weighted by Gasteiger charge is 2.20. The van der Waals surface area contributed by atoms with E-state index in [2.05, 4.69) is 5.32 Å². The molecule has 0 aliphatic carbocycles. The first kappa shape index (κ1) is 14.3. The van der Waals surface area contributed by atoms with Gasteiger partial charge in [-0.1, -0.05) is 41.4 Å². The van der Waals surface area contributed by atoms with Crippen molar-refractivity contribution in [2.45, 2.75) is 0 Å². The normalized spacial score (nSPS) is 10.1. The molecular formula is C13H8Cl2N2O3. The van der Waals surface area contributed by atoms with Crippen LogP contribution in [0.3, 0.4) is 0 Å². The highest BCUT2D eigenvalue weighted by Crippen LogP contribution is 2.29. The van der Waals surface area contributed by atoms with E-state index in [-0.39, 0.29) is 16.3 Å². The third-order valence-corrected chi connectivity index (χ3v) is 3.27. The van der Waals surface area contributed by atoms with Crippen LogP contribution < -0.4 is 5.32 Å². The maximum absolute atomic E-state index is 12.1. The van der Waals surface area contributed by atoms with Crippen LogP contribution in [0.1, 0.15) is 10.4 Å². The summed E-state index contributed by atoms with van der Waals surface area (Å²) in [7, 11) is 0. The van der Waals surface area contributed by atoms with Crippen molar-refractivity contribution in [3.8, 4) is 0 Å². The second kappa shape index (κ2) is 5.90. The van der Waals surface area contributed by atoms with E-state index in [1.165, 1.54) is 18.2 Å². The molecule has 1 N–H and O–H groups in total. The van der Waals surface area contributed by atoms with Gasteiger partial charge in [0.05, 0.1) is 21.2 Å². The fourth-order valence-corrected chi connectivity index (χ4v) is 2.05. The monoisotopic (exact) mass is 310 g/mol. The lowest BCUT2D eigenvalue weighted by molar-refractivity contribution is -0.384. The van der Waals surface area contributed by atoms with Gasteiger partial charge in [0.1, 0.15) is 5.02 Å². The SMILES string of the molecule is O=C(Nc1ccccc1Cl)c1cccc([N+](=O)[O-])c1Cl. The van der Waals surface area contributed by atoms with Crippen LogP contribution in [-0.4, -0.2) is 10.8 Å². The van der Waals surface area contributed by atoms with Crippen molar-refractivity contribution in [2.24, 2.45) is 0 Å². The second-order valence-corrected chi connectivity index (χ2v) is 4.61. The van der Waals surface area contributed by atoms with E-state index in [9.17, 15) is 14.9 Å².